The zero-order valence-corrected chi connectivity index (χ0v) is 6.91. The maximum Gasteiger partial charge on any atom is 0.279 e. The normalized spacial score (nSPS) is 15.1. The van der Waals surface area contributed by atoms with Gasteiger partial charge >= 0.3 is 0 Å². The molecule has 0 radical (unpaired) electrons. The van der Waals surface area contributed by atoms with E-state index >= 15 is 0 Å². The number of hydrogen-bond acceptors (Lipinski definition) is 3. The van der Waals surface area contributed by atoms with Gasteiger partial charge in [-0.3, -0.25) is 4.79 Å². The number of nitrogens with zero attached hydrogens (tertiary/aromatic N) is 2. The van der Waals surface area contributed by atoms with Gasteiger partial charge in [0, 0.05) is 6.54 Å². The zero-order chi connectivity index (χ0) is 8.55. The van der Waals surface area contributed by atoms with E-state index in [1.165, 1.54) is 0 Å². The molecule has 0 saturated heterocycles. The summed E-state index contributed by atoms with van der Waals surface area (Å²) in [5.41, 5.74) is 0.417. The third-order valence-electron chi connectivity index (χ3n) is 2.00. The third kappa shape index (κ3) is 0.995. The summed E-state index contributed by atoms with van der Waals surface area (Å²) in [6.45, 7) is 3.33. The molecule has 4 nitrogen and oxygen atoms in total. The van der Waals surface area contributed by atoms with Crippen LogP contribution in [0.15, 0.2) is 11.1 Å². The fraction of sp³-hybridized carbons (Fsp3) is 0.500. The third-order valence-corrected chi connectivity index (χ3v) is 2.00. The lowest BCUT2D eigenvalue weighted by Gasteiger charge is -2.19. The van der Waals surface area contributed by atoms with Gasteiger partial charge in [0.15, 0.2) is 0 Å². The maximum absolute atomic E-state index is 11.1. The lowest BCUT2D eigenvalue weighted by molar-refractivity contribution is 0.233. The summed E-state index contributed by atoms with van der Waals surface area (Å²) < 4.78 is 7.23. The van der Waals surface area contributed by atoms with Gasteiger partial charge in [0.2, 0.25) is 5.88 Å². The van der Waals surface area contributed by atoms with E-state index in [0.29, 0.717) is 18.1 Å². The van der Waals surface area contributed by atoms with Crippen LogP contribution in [0.3, 0.4) is 0 Å². The highest BCUT2D eigenvalue weighted by Gasteiger charge is 2.12. The van der Waals surface area contributed by atoms with E-state index in [4.69, 9.17) is 4.74 Å². The van der Waals surface area contributed by atoms with E-state index < -0.39 is 0 Å². The van der Waals surface area contributed by atoms with Crippen LogP contribution in [0, 0.1) is 6.92 Å². The molecule has 2 heterocycles. The van der Waals surface area contributed by atoms with Gasteiger partial charge < -0.3 is 9.30 Å². The van der Waals surface area contributed by atoms with Gasteiger partial charge in [-0.1, -0.05) is 0 Å². The van der Waals surface area contributed by atoms with E-state index in [0.717, 1.165) is 13.0 Å². The predicted molar refractivity (Wildman–Crippen MR) is 43.3 cm³/mol. The first-order valence-corrected chi connectivity index (χ1v) is 3.98. The Morgan fingerprint density at radius 3 is 3.33 bits per heavy atom. The SMILES string of the molecule is Cc1c2n(cnc1=O)CCCO2. The second-order valence-electron chi connectivity index (χ2n) is 2.88. The molecule has 1 aliphatic heterocycles. The Balaban J connectivity index is 2.61. The molecule has 0 amide bonds. The Morgan fingerprint density at radius 2 is 2.50 bits per heavy atom. The van der Waals surface area contributed by atoms with Gasteiger partial charge in [0.25, 0.3) is 5.56 Å². The number of hydrogen-bond donors (Lipinski definition) is 0. The topological polar surface area (TPSA) is 44.1 Å². The molecule has 4 heteroatoms. The molecular formula is C8H10N2O2. The molecule has 12 heavy (non-hydrogen) atoms. The van der Waals surface area contributed by atoms with Crippen LogP contribution in [-0.2, 0) is 6.54 Å². The molecule has 0 aromatic carbocycles. The van der Waals surface area contributed by atoms with Crippen LogP contribution in [-0.4, -0.2) is 16.2 Å². The average molecular weight is 166 g/mol. The number of rotatable bonds is 0. The fourth-order valence-electron chi connectivity index (χ4n) is 1.33. The summed E-state index contributed by atoms with van der Waals surface area (Å²) in [7, 11) is 0. The zero-order valence-electron chi connectivity index (χ0n) is 6.91. The Labute approximate surface area is 69.8 Å². The first kappa shape index (κ1) is 7.34. The Bertz CT molecular complexity index is 357. The average Bonchev–Trinajstić information content (AvgIpc) is 2.12. The molecule has 0 atom stereocenters. The second-order valence-corrected chi connectivity index (χ2v) is 2.88. The summed E-state index contributed by atoms with van der Waals surface area (Å²) in [6.07, 6.45) is 2.53. The van der Waals surface area contributed by atoms with Crippen LogP contribution in [0.25, 0.3) is 0 Å². The Hall–Kier alpha value is -1.32. The van der Waals surface area contributed by atoms with Crippen molar-refractivity contribution in [2.45, 2.75) is 19.9 Å². The van der Waals surface area contributed by atoms with Crippen molar-refractivity contribution in [2.24, 2.45) is 0 Å². The van der Waals surface area contributed by atoms with E-state index in [1.54, 1.807) is 13.3 Å². The first-order chi connectivity index (χ1) is 5.79. The monoisotopic (exact) mass is 166 g/mol. The van der Waals surface area contributed by atoms with Gasteiger partial charge in [-0.25, -0.2) is 0 Å². The van der Waals surface area contributed by atoms with Gasteiger partial charge in [-0.15, -0.1) is 0 Å². The highest BCUT2D eigenvalue weighted by Crippen LogP contribution is 2.17. The van der Waals surface area contributed by atoms with Crippen molar-refractivity contribution in [2.75, 3.05) is 6.61 Å². The van der Waals surface area contributed by atoms with E-state index in [9.17, 15) is 4.79 Å². The molecule has 0 aliphatic carbocycles. The van der Waals surface area contributed by atoms with Crippen molar-refractivity contribution < 1.29 is 4.74 Å². The van der Waals surface area contributed by atoms with Crippen LogP contribution < -0.4 is 10.3 Å². The largest absolute Gasteiger partial charge is 0.478 e. The summed E-state index contributed by atoms with van der Waals surface area (Å²) in [4.78, 5) is 14.8. The van der Waals surface area contributed by atoms with E-state index in [-0.39, 0.29) is 5.56 Å². The summed E-state index contributed by atoms with van der Waals surface area (Å²) in [6, 6.07) is 0. The van der Waals surface area contributed by atoms with E-state index in [2.05, 4.69) is 4.98 Å². The van der Waals surface area contributed by atoms with E-state index in [1.807, 2.05) is 4.57 Å². The van der Waals surface area contributed by atoms with Crippen LogP contribution in [0.4, 0.5) is 0 Å². The van der Waals surface area contributed by atoms with Crippen molar-refractivity contribution in [3.63, 3.8) is 0 Å². The number of fused-ring (bicyclic) bond motifs is 1. The van der Waals surface area contributed by atoms with Crippen LogP contribution in [0.1, 0.15) is 12.0 Å². The highest BCUT2D eigenvalue weighted by molar-refractivity contribution is 5.22. The molecule has 0 saturated carbocycles. The van der Waals surface area contributed by atoms with Crippen molar-refractivity contribution >= 4 is 0 Å². The molecule has 64 valence electrons. The quantitative estimate of drug-likeness (QED) is 0.558. The van der Waals surface area contributed by atoms with Gasteiger partial charge in [-0.2, -0.15) is 4.98 Å². The highest BCUT2D eigenvalue weighted by atomic mass is 16.5. The van der Waals surface area contributed by atoms with Crippen LogP contribution in [0.5, 0.6) is 5.88 Å². The molecule has 2 rings (SSSR count). The minimum Gasteiger partial charge on any atom is -0.478 e. The maximum atomic E-state index is 11.1. The molecule has 0 spiro atoms. The van der Waals surface area contributed by atoms with Crippen molar-refractivity contribution in [3.8, 4) is 5.88 Å². The first-order valence-electron chi connectivity index (χ1n) is 3.98. The molecule has 1 aromatic rings. The summed E-state index contributed by atoms with van der Waals surface area (Å²) in [5, 5.41) is 0. The lowest BCUT2D eigenvalue weighted by atomic mass is 10.3. The number of ether oxygens (including phenoxy) is 1. The van der Waals surface area contributed by atoms with Crippen molar-refractivity contribution in [1.82, 2.24) is 9.55 Å². The molecule has 0 unspecified atom stereocenters. The van der Waals surface area contributed by atoms with Gasteiger partial charge in [0.1, 0.15) is 6.33 Å². The molecule has 0 N–H and O–H groups in total. The fourth-order valence-corrected chi connectivity index (χ4v) is 1.33. The minimum atomic E-state index is -0.192. The lowest BCUT2D eigenvalue weighted by Crippen LogP contribution is -2.22. The van der Waals surface area contributed by atoms with Gasteiger partial charge in [-0.05, 0) is 13.3 Å². The van der Waals surface area contributed by atoms with Gasteiger partial charge in [0.05, 0.1) is 12.2 Å². The van der Waals surface area contributed by atoms with Crippen LogP contribution >= 0.6 is 0 Å². The van der Waals surface area contributed by atoms with Crippen molar-refractivity contribution in [1.29, 1.82) is 0 Å². The number of aryl methyl sites for hydroxylation is 1. The predicted octanol–water partition coefficient (Wildman–Crippen LogP) is 0.334. The molecule has 1 aliphatic rings. The second kappa shape index (κ2) is 2.62. The number of aromatic nitrogens is 2. The smallest absolute Gasteiger partial charge is 0.279 e. The molecular weight excluding hydrogens is 156 g/mol. The van der Waals surface area contributed by atoms with Crippen molar-refractivity contribution in [3.05, 3.63) is 22.2 Å². The van der Waals surface area contributed by atoms with Crippen LogP contribution in [0.2, 0.25) is 0 Å². The molecule has 0 bridgehead atoms. The Kier molecular flexibility index (Phi) is 1.60. The molecule has 1 aromatic heterocycles. The summed E-state index contributed by atoms with van der Waals surface area (Å²) in [5.74, 6) is 0.682. The summed E-state index contributed by atoms with van der Waals surface area (Å²) >= 11 is 0. The standard InChI is InChI=1S/C8H10N2O2/c1-6-7(11)9-5-10-3-2-4-12-8(6)10/h5H,2-4H2,1H3. The Morgan fingerprint density at radius 1 is 1.67 bits per heavy atom. The molecule has 0 fully saturated rings. The minimum absolute atomic E-state index is 0.192.